The molecule has 1 aliphatic rings. The first-order valence-corrected chi connectivity index (χ1v) is 8.04. The Hall–Kier alpha value is -1.35. The Bertz CT molecular complexity index is 684. The van der Waals surface area contributed by atoms with Gasteiger partial charge in [0.15, 0.2) is 5.78 Å². The van der Waals surface area contributed by atoms with Gasteiger partial charge in [-0.05, 0) is 36.9 Å². The van der Waals surface area contributed by atoms with Gasteiger partial charge in [0.1, 0.15) is 0 Å². The van der Waals surface area contributed by atoms with Gasteiger partial charge in [0.05, 0.1) is 5.02 Å². The molecule has 0 N–H and O–H groups in total. The van der Waals surface area contributed by atoms with Crippen LogP contribution in [0.5, 0.6) is 0 Å². The van der Waals surface area contributed by atoms with E-state index in [9.17, 15) is 4.79 Å². The van der Waals surface area contributed by atoms with E-state index in [0.717, 1.165) is 18.7 Å². The maximum absolute atomic E-state index is 12.9. The van der Waals surface area contributed by atoms with Gasteiger partial charge in [-0.1, -0.05) is 47.5 Å². The first-order valence-electron chi connectivity index (χ1n) is 7.29. The van der Waals surface area contributed by atoms with Crippen molar-refractivity contribution in [2.45, 2.75) is 5.92 Å². The number of hydrogen-bond donors (Lipinski definition) is 0. The molecule has 0 bridgehead atoms. The molecule has 0 radical (unpaired) electrons. The van der Waals surface area contributed by atoms with E-state index in [-0.39, 0.29) is 17.6 Å². The molecule has 2 nitrogen and oxygen atoms in total. The highest BCUT2D eigenvalue weighted by Gasteiger charge is 2.37. The van der Waals surface area contributed by atoms with Crippen LogP contribution < -0.4 is 0 Å². The molecule has 3 rings (SSSR count). The number of likely N-dealkylation sites (N-methyl/N-ethyl adjacent to an activating group) is 1. The molecular weight excluding hydrogens is 317 g/mol. The lowest BCUT2D eigenvalue weighted by Gasteiger charge is -2.18. The number of rotatable bonds is 3. The highest BCUT2D eigenvalue weighted by molar-refractivity contribution is 6.34. The van der Waals surface area contributed by atoms with Crippen molar-refractivity contribution in [2.24, 2.45) is 5.92 Å². The van der Waals surface area contributed by atoms with Gasteiger partial charge in [0.25, 0.3) is 0 Å². The quantitative estimate of drug-likeness (QED) is 0.769. The maximum Gasteiger partial charge on any atom is 0.169 e. The molecule has 0 aromatic heterocycles. The maximum atomic E-state index is 12.9. The number of hydrogen-bond acceptors (Lipinski definition) is 2. The summed E-state index contributed by atoms with van der Waals surface area (Å²) in [6, 6.07) is 15.1. The van der Waals surface area contributed by atoms with Crippen LogP contribution in [0.15, 0.2) is 48.5 Å². The van der Waals surface area contributed by atoms with E-state index in [4.69, 9.17) is 23.2 Å². The highest BCUT2D eigenvalue weighted by atomic mass is 35.5. The molecule has 2 aromatic rings. The van der Waals surface area contributed by atoms with Crippen LogP contribution >= 0.6 is 23.2 Å². The van der Waals surface area contributed by atoms with Crippen LogP contribution in [0, 0.1) is 5.92 Å². The Kier molecular flexibility index (Phi) is 4.53. The molecular formula is C18H17Cl2NO. The summed E-state index contributed by atoms with van der Waals surface area (Å²) in [6.07, 6.45) is 0. The number of halogens is 2. The molecule has 0 unspecified atom stereocenters. The predicted octanol–water partition coefficient (Wildman–Crippen LogP) is 4.52. The summed E-state index contributed by atoms with van der Waals surface area (Å²) < 4.78 is 0. The second-order valence-electron chi connectivity index (χ2n) is 5.83. The average Bonchev–Trinajstić information content (AvgIpc) is 2.90. The zero-order chi connectivity index (χ0) is 15.7. The van der Waals surface area contributed by atoms with Crippen LogP contribution in [0.3, 0.4) is 0 Å². The molecule has 2 atom stereocenters. The Balaban J connectivity index is 1.92. The van der Waals surface area contributed by atoms with Crippen molar-refractivity contribution in [3.8, 4) is 0 Å². The smallest absolute Gasteiger partial charge is 0.169 e. The normalized spacial score (nSPS) is 22.0. The summed E-state index contributed by atoms with van der Waals surface area (Å²) in [7, 11) is 2.04. The van der Waals surface area contributed by atoms with Crippen molar-refractivity contribution in [1.29, 1.82) is 0 Å². The molecule has 1 fully saturated rings. The van der Waals surface area contributed by atoms with Gasteiger partial charge < -0.3 is 4.90 Å². The van der Waals surface area contributed by atoms with E-state index >= 15 is 0 Å². The Labute approximate surface area is 140 Å². The Morgan fingerprint density at radius 2 is 1.73 bits per heavy atom. The average molecular weight is 334 g/mol. The topological polar surface area (TPSA) is 20.3 Å². The van der Waals surface area contributed by atoms with Crippen LogP contribution in [0.2, 0.25) is 10.0 Å². The van der Waals surface area contributed by atoms with Crippen molar-refractivity contribution < 1.29 is 4.79 Å². The van der Waals surface area contributed by atoms with Crippen molar-refractivity contribution in [1.82, 2.24) is 4.90 Å². The molecule has 4 heteroatoms. The highest BCUT2D eigenvalue weighted by Crippen LogP contribution is 2.35. The van der Waals surface area contributed by atoms with E-state index in [1.54, 1.807) is 6.07 Å². The number of nitrogens with zero attached hydrogens (tertiary/aromatic N) is 1. The second kappa shape index (κ2) is 6.41. The third kappa shape index (κ3) is 3.05. The second-order valence-corrected chi connectivity index (χ2v) is 6.67. The molecule has 2 aromatic carbocycles. The third-order valence-electron chi connectivity index (χ3n) is 4.28. The van der Waals surface area contributed by atoms with Gasteiger partial charge in [0.2, 0.25) is 0 Å². The van der Waals surface area contributed by atoms with Crippen LogP contribution in [-0.2, 0) is 0 Å². The van der Waals surface area contributed by atoms with Crippen molar-refractivity contribution in [2.75, 3.05) is 20.1 Å². The van der Waals surface area contributed by atoms with Crippen molar-refractivity contribution >= 4 is 29.0 Å². The molecule has 114 valence electrons. The van der Waals surface area contributed by atoms with Crippen LogP contribution in [-0.4, -0.2) is 30.8 Å². The molecule has 0 saturated carbocycles. The number of carbonyl (C=O) groups excluding carboxylic acids is 1. The van der Waals surface area contributed by atoms with E-state index in [1.165, 1.54) is 0 Å². The number of carbonyl (C=O) groups is 1. The number of likely N-dealkylation sites (tertiary alicyclic amines) is 1. The summed E-state index contributed by atoms with van der Waals surface area (Å²) in [5.41, 5.74) is 1.77. The first kappa shape index (κ1) is 15.5. The zero-order valence-electron chi connectivity index (χ0n) is 12.3. The summed E-state index contributed by atoms with van der Waals surface area (Å²) in [4.78, 5) is 15.1. The van der Waals surface area contributed by atoms with Crippen LogP contribution in [0.25, 0.3) is 0 Å². The van der Waals surface area contributed by atoms with Gasteiger partial charge in [-0.3, -0.25) is 4.79 Å². The number of benzene rings is 2. The van der Waals surface area contributed by atoms with E-state index in [2.05, 4.69) is 4.90 Å². The van der Waals surface area contributed by atoms with E-state index in [0.29, 0.717) is 15.6 Å². The van der Waals surface area contributed by atoms with Gasteiger partial charge in [-0.25, -0.2) is 0 Å². The Morgan fingerprint density at radius 3 is 2.41 bits per heavy atom. The minimum Gasteiger partial charge on any atom is -0.305 e. The lowest BCUT2D eigenvalue weighted by molar-refractivity contribution is 0.0916. The molecule has 0 spiro atoms. The zero-order valence-corrected chi connectivity index (χ0v) is 13.8. The molecule has 22 heavy (non-hydrogen) atoms. The fourth-order valence-electron chi connectivity index (χ4n) is 3.17. The van der Waals surface area contributed by atoms with Gasteiger partial charge >= 0.3 is 0 Å². The monoisotopic (exact) mass is 333 g/mol. The Morgan fingerprint density at radius 1 is 1.05 bits per heavy atom. The molecule has 1 aliphatic heterocycles. The van der Waals surface area contributed by atoms with E-state index in [1.807, 2.05) is 49.5 Å². The van der Waals surface area contributed by atoms with E-state index < -0.39 is 0 Å². The van der Waals surface area contributed by atoms with Crippen molar-refractivity contribution in [3.05, 3.63) is 69.7 Å². The predicted molar refractivity (Wildman–Crippen MR) is 91.0 cm³/mol. The third-order valence-corrected chi connectivity index (χ3v) is 4.86. The summed E-state index contributed by atoms with van der Waals surface area (Å²) in [6.45, 7) is 1.61. The number of ketones is 1. The van der Waals surface area contributed by atoms with Crippen LogP contribution in [0.1, 0.15) is 21.8 Å². The first-order chi connectivity index (χ1) is 10.6. The summed E-state index contributed by atoms with van der Waals surface area (Å²) in [5, 5.41) is 1.24. The lowest BCUT2D eigenvalue weighted by Crippen LogP contribution is -2.22. The van der Waals surface area contributed by atoms with Gasteiger partial charge in [0, 0.05) is 35.5 Å². The fraction of sp³-hybridized carbons (Fsp3) is 0.278. The SMILES string of the molecule is CN1C[C@H](C(=O)c2ccccc2Cl)[C@H](c2ccc(Cl)cc2)C1. The standard InChI is InChI=1S/C18H17Cl2NO/c1-21-10-15(12-6-8-13(19)9-7-12)16(11-21)18(22)14-4-2-3-5-17(14)20/h2-9,15-16H,10-11H2,1H3/t15-,16-/m0/s1. The van der Waals surface area contributed by atoms with Crippen molar-refractivity contribution in [3.63, 3.8) is 0 Å². The lowest BCUT2D eigenvalue weighted by atomic mass is 9.84. The van der Waals surface area contributed by atoms with Gasteiger partial charge in [-0.2, -0.15) is 0 Å². The summed E-state index contributed by atoms with van der Waals surface area (Å²) in [5.74, 6) is 0.215. The minimum atomic E-state index is -0.0777. The molecule has 1 heterocycles. The minimum absolute atomic E-state index is 0.0777. The summed E-state index contributed by atoms with van der Waals surface area (Å²) >= 11 is 12.2. The van der Waals surface area contributed by atoms with Crippen LogP contribution in [0.4, 0.5) is 0 Å². The molecule has 0 amide bonds. The number of Topliss-reactive ketones (excluding diaryl/α,β-unsaturated/α-hetero) is 1. The largest absolute Gasteiger partial charge is 0.305 e. The fourth-order valence-corrected chi connectivity index (χ4v) is 3.53. The van der Waals surface area contributed by atoms with Gasteiger partial charge in [-0.15, -0.1) is 0 Å². The molecule has 0 aliphatic carbocycles. The molecule has 1 saturated heterocycles.